The third kappa shape index (κ3) is 9.47. The van der Waals surface area contributed by atoms with Crippen LogP contribution in [0.4, 0.5) is 4.39 Å². The van der Waals surface area contributed by atoms with Crippen molar-refractivity contribution in [1.82, 2.24) is 15.0 Å². The molecule has 0 aromatic carbocycles. The second-order valence-corrected chi connectivity index (χ2v) is 8.44. The molecule has 0 atom stereocenters. The average Bonchev–Trinajstić information content (AvgIpc) is 2.85. The van der Waals surface area contributed by atoms with Gasteiger partial charge >= 0.3 is 17.9 Å². The minimum atomic E-state index is -1.30. The molecular formula is C21H17Br3FN3O8. The molecule has 0 aliphatic heterocycles. The lowest BCUT2D eigenvalue weighted by Gasteiger charge is -2.05. The van der Waals surface area contributed by atoms with Gasteiger partial charge in [-0.2, -0.15) is 0 Å². The predicted molar refractivity (Wildman–Crippen MR) is 134 cm³/mol. The highest BCUT2D eigenvalue weighted by molar-refractivity contribution is 9.11. The maximum absolute atomic E-state index is 12.6. The van der Waals surface area contributed by atoms with Crippen LogP contribution >= 0.6 is 47.8 Å². The number of carbonyl (C=O) groups is 3. The number of aromatic carboxylic acids is 2. The fraction of sp³-hybridized carbons (Fsp3) is 0.143. The maximum atomic E-state index is 12.6. The number of carboxylic acids is 2. The molecular weight excluding hydrogens is 681 g/mol. The third-order valence-electron chi connectivity index (χ3n) is 3.80. The number of ether oxygens (including phenoxy) is 3. The van der Waals surface area contributed by atoms with E-state index in [1.165, 1.54) is 39.8 Å². The van der Waals surface area contributed by atoms with E-state index in [0.717, 1.165) is 12.3 Å². The Morgan fingerprint density at radius 2 is 1.11 bits per heavy atom. The van der Waals surface area contributed by atoms with Crippen molar-refractivity contribution in [1.29, 1.82) is 0 Å². The lowest BCUT2D eigenvalue weighted by Crippen LogP contribution is -2.04. The molecule has 0 aliphatic rings. The molecule has 0 bridgehead atoms. The van der Waals surface area contributed by atoms with E-state index < -0.39 is 23.7 Å². The van der Waals surface area contributed by atoms with Crippen molar-refractivity contribution in [2.45, 2.75) is 0 Å². The van der Waals surface area contributed by atoms with Gasteiger partial charge in [0.1, 0.15) is 24.9 Å². The van der Waals surface area contributed by atoms with E-state index in [0.29, 0.717) is 25.1 Å². The molecule has 11 nitrogen and oxygen atoms in total. The van der Waals surface area contributed by atoms with E-state index in [-0.39, 0.29) is 16.9 Å². The first-order chi connectivity index (χ1) is 16.9. The van der Waals surface area contributed by atoms with Crippen LogP contribution in [0.1, 0.15) is 31.1 Å². The largest absolute Gasteiger partial charge is 0.494 e. The quantitative estimate of drug-likeness (QED) is 0.277. The molecule has 0 saturated heterocycles. The number of pyridine rings is 3. The number of nitrogens with zero attached hydrogens (tertiary/aromatic N) is 3. The first-order valence-electron chi connectivity index (χ1n) is 9.20. The van der Waals surface area contributed by atoms with Crippen LogP contribution in [0.15, 0.2) is 50.6 Å². The van der Waals surface area contributed by atoms with E-state index in [2.05, 4.69) is 67.5 Å². The SMILES string of the molecule is COC(=O)c1cc(Br)ncc1OC.COc1cnc(Br)cc1C(=O)O.O=C(O)c1cc(Br)ncc1F. The van der Waals surface area contributed by atoms with Crippen molar-refractivity contribution in [3.8, 4) is 11.5 Å². The Morgan fingerprint density at radius 1 is 0.722 bits per heavy atom. The van der Waals surface area contributed by atoms with E-state index in [4.69, 9.17) is 19.7 Å². The lowest BCUT2D eigenvalue weighted by atomic mass is 10.2. The van der Waals surface area contributed by atoms with E-state index in [1.807, 2.05) is 0 Å². The van der Waals surface area contributed by atoms with E-state index in [9.17, 15) is 18.8 Å². The van der Waals surface area contributed by atoms with Crippen LogP contribution < -0.4 is 9.47 Å². The molecule has 2 N–H and O–H groups in total. The number of hydrogen-bond donors (Lipinski definition) is 2. The summed E-state index contributed by atoms with van der Waals surface area (Å²) in [5, 5.41) is 17.1. The molecule has 3 heterocycles. The topological polar surface area (TPSA) is 158 Å². The lowest BCUT2D eigenvalue weighted by molar-refractivity contribution is 0.0595. The number of carbonyl (C=O) groups excluding carboxylic acids is 1. The Balaban J connectivity index is 0.000000271. The second-order valence-electron chi connectivity index (χ2n) is 6.00. The molecule has 15 heteroatoms. The van der Waals surface area contributed by atoms with Crippen LogP contribution in [-0.4, -0.2) is 64.4 Å². The molecule has 3 aromatic rings. The van der Waals surface area contributed by atoms with Gasteiger partial charge in [-0.1, -0.05) is 0 Å². The summed E-state index contributed by atoms with van der Waals surface area (Å²) in [4.78, 5) is 43.3. The Kier molecular flexibility index (Phi) is 12.9. The molecule has 0 aliphatic carbocycles. The second kappa shape index (κ2) is 15.1. The molecule has 3 aromatic heterocycles. The van der Waals surface area contributed by atoms with Crippen LogP contribution in [0.3, 0.4) is 0 Å². The highest BCUT2D eigenvalue weighted by Crippen LogP contribution is 2.21. The van der Waals surface area contributed by atoms with Crippen molar-refractivity contribution >= 4 is 65.7 Å². The average molecular weight is 698 g/mol. The molecule has 0 unspecified atom stereocenters. The summed E-state index contributed by atoms with van der Waals surface area (Å²) in [6.07, 6.45) is 3.66. The zero-order chi connectivity index (χ0) is 27.4. The molecule has 0 fully saturated rings. The highest BCUT2D eigenvalue weighted by atomic mass is 79.9. The van der Waals surface area contributed by atoms with Gasteiger partial charge in [0.05, 0.1) is 45.5 Å². The minimum Gasteiger partial charge on any atom is -0.494 e. The molecule has 3 rings (SSSR count). The standard InChI is InChI=1S/C8H8BrNO3.C7H6BrNO3.C6H3BrFNO2/c1-12-6-4-10-7(9)3-5(6)8(11)13-2;1-12-5-3-9-6(8)2-4(5)7(10)11;7-5-1-3(6(10)11)4(8)2-9-5/h3-4H,1-2H3;2-3H,1H3,(H,10,11);1-2H,(H,10,11). The fourth-order valence-electron chi connectivity index (χ4n) is 2.17. The monoisotopic (exact) mass is 695 g/mol. The van der Waals surface area contributed by atoms with E-state index >= 15 is 0 Å². The summed E-state index contributed by atoms with van der Waals surface area (Å²) in [6, 6.07) is 4.05. The predicted octanol–water partition coefficient (Wildman–Crippen LogP) is 4.87. The van der Waals surface area contributed by atoms with Gasteiger partial charge in [0.25, 0.3) is 0 Å². The molecule has 0 spiro atoms. The Hall–Kier alpha value is -3.17. The molecule has 192 valence electrons. The summed E-state index contributed by atoms with van der Waals surface area (Å²) in [5.74, 6) is -2.96. The van der Waals surface area contributed by atoms with Crippen molar-refractivity contribution < 1.29 is 43.2 Å². The fourth-order valence-corrected chi connectivity index (χ4v) is 3.17. The number of hydrogen-bond acceptors (Lipinski definition) is 9. The summed E-state index contributed by atoms with van der Waals surface area (Å²) in [7, 11) is 4.19. The molecule has 0 amide bonds. The first-order valence-corrected chi connectivity index (χ1v) is 11.6. The van der Waals surface area contributed by atoms with Crippen molar-refractivity contribution in [3.05, 3.63) is 73.1 Å². The number of methoxy groups -OCH3 is 3. The smallest absolute Gasteiger partial charge is 0.341 e. The van der Waals surface area contributed by atoms with E-state index in [1.54, 1.807) is 6.07 Å². The first kappa shape index (κ1) is 30.9. The Morgan fingerprint density at radius 3 is 1.50 bits per heavy atom. The molecule has 36 heavy (non-hydrogen) atoms. The number of carboxylic acid groups (broad SMARTS) is 2. The van der Waals surface area contributed by atoms with Gasteiger partial charge in [0, 0.05) is 0 Å². The number of halogens is 4. The van der Waals surface area contributed by atoms with Gasteiger partial charge < -0.3 is 24.4 Å². The highest BCUT2D eigenvalue weighted by Gasteiger charge is 2.13. The zero-order valence-corrected chi connectivity index (χ0v) is 23.4. The van der Waals surface area contributed by atoms with Crippen LogP contribution in [0.5, 0.6) is 11.5 Å². The Bertz CT molecular complexity index is 1250. The summed E-state index contributed by atoms with van der Waals surface area (Å²) in [5.41, 5.74) is 0.0677. The van der Waals surface area contributed by atoms with Gasteiger partial charge in [-0.25, -0.2) is 33.7 Å². The van der Waals surface area contributed by atoms with Crippen molar-refractivity contribution in [2.75, 3.05) is 21.3 Å². The van der Waals surface area contributed by atoms with Gasteiger partial charge in [0.2, 0.25) is 0 Å². The van der Waals surface area contributed by atoms with Crippen LogP contribution in [0.2, 0.25) is 0 Å². The zero-order valence-electron chi connectivity index (χ0n) is 18.7. The van der Waals surface area contributed by atoms with Gasteiger partial charge in [-0.05, 0) is 66.0 Å². The number of esters is 1. The van der Waals surface area contributed by atoms with Crippen LogP contribution in [0, 0.1) is 5.82 Å². The number of rotatable bonds is 5. The molecule has 0 saturated carbocycles. The van der Waals surface area contributed by atoms with Crippen molar-refractivity contribution in [2.24, 2.45) is 0 Å². The van der Waals surface area contributed by atoms with Gasteiger partial charge in [-0.15, -0.1) is 0 Å². The third-order valence-corrected chi connectivity index (χ3v) is 5.10. The summed E-state index contributed by atoms with van der Waals surface area (Å²) < 4.78 is 28.2. The molecule has 0 radical (unpaired) electrons. The maximum Gasteiger partial charge on any atom is 0.341 e. The summed E-state index contributed by atoms with van der Waals surface area (Å²) in [6.45, 7) is 0. The minimum absolute atomic E-state index is 0.0966. The van der Waals surface area contributed by atoms with Gasteiger partial charge in [-0.3, -0.25) is 0 Å². The van der Waals surface area contributed by atoms with Crippen molar-refractivity contribution in [3.63, 3.8) is 0 Å². The van der Waals surface area contributed by atoms with Crippen LogP contribution in [-0.2, 0) is 4.74 Å². The summed E-state index contributed by atoms with van der Waals surface area (Å²) >= 11 is 9.14. The Labute approximate surface area is 229 Å². The number of aromatic nitrogens is 3. The van der Waals surface area contributed by atoms with Gasteiger partial charge in [0.15, 0.2) is 17.3 Å². The van der Waals surface area contributed by atoms with Crippen LogP contribution in [0.25, 0.3) is 0 Å². The normalized spacial score (nSPS) is 9.53.